The number of carbonyl (C=O) groups is 3. The van der Waals surface area contributed by atoms with Gasteiger partial charge in [0, 0.05) is 6.42 Å². The van der Waals surface area contributed by atoms with Crippen LogP contribution in [-0.4, -0.2) is 31.9 Å². The Morgan fingerprint density at radius 1 is 0.886 bits per heavy atom. The first-order valence-electron chi connectivity index (χ1n) is 13.6. The predicted molar refractivity (Wildman–Crippen MR) is 142 cm³/mol. The lowest BCUT2D eigenvalue weighted by Crippen LogP contribution is -2.37. The molecule has 35 heavy (non-hydrogen) atoms. The molecule has 0 aromatic heterocycles. The Hall–Kier alpha value is -1.91. The number of hydrogen-bond donors (Lipinski definition) is 0. The molecule has 0 amide bonds. The van der Waals surface area contributed by atoms with Gasteiger partial charge in [0.25, 0.3) is 0 Å². The summed E-state index contributed by atoms with van der Waals surface area (Å²) in [6.45, 7) is 13.3. The number of methoxy groups -OCH3 is 2. The van der Waals surface area contributed by atoms with E-state index >= 15 is 0 Å². The van der Waals surface area contributed by atoms with Gasteiger partial charge in [-0.15, -0.1) is 0 Å². The molecule has 0 fully saturated rings. The van der Waals surface area contributed by atoms with Gasteiger partial charge >= 0.3 is 11.9 Å². The summed E-state index contributed by atoms with van der Waals surface area (Å²) in [5.41, 5.74) is 0.476. The maximum absolute atomic E-state index is 13.1. The van der Waals surface area contributed by atoms with Gasteiger partial charge in [-0.25, -0.2) is 4.79 Å². The Morgan fingerprint density at radius 3 is 1.97 bits per heavy atom. The first kappa shape index (κ1) is 31.1. The van der Waals surface area contributed by atoms with Crippen molar-refractivity contribution in [3.63, 3.8) is 0 Å². The van der Waals surface area contributed by atoms with Crippen molar-refractivity contribution in [1.82, 2.24) is 0 Å². The van der Waals surface area contributed by atoms with E-state index in [1.165, 1.54) is 33.5 Å². The van der Waals surface area contributed by atoms with E-state index in [2.05, 4.69) is 41.5 Å². The molecule has 5 nitrogen and oxygen atoms in total. The number of allylic oxidation sites excluding steroid dienone is 2. The molecule has 1 rings (SSSR count). The zero-order chi connectivity index (χ0) is 26.5. The average Bonchev–Trinajstić information content (AvgIpc) is 2.77. The molecule has 4 unspecified atom stereocenters. The maximum Gasteiger partial charge on any atom is 0.341 e. The molecule has 200 valence electrons. The first-order valence-corrected chi connectivity index (χ1v) is 13.6. The molecule has 0 aromatic rings. The fraction of sp³-hybridized carbons (Fsp3) is 0.767. The normalized spacial score (nSPS) is 20.6. The highest BCUT2D eigenvalue weighted by Gasteiger charge is 2.42. The third kappa shape index (κ3) is 10.7. The molecule has 0 heterocycles. The molecule has 4 atom stereocenters. The Bertz CT molecular complexity index is 746. The second-order valence-electron chi connectivity index (χ2n) is 11.4. The van der Waals surface area contributed by atoms with E-state index in [1.54, 1.807) is 0 Å². The smallest absolute Gasteiger partial charge is 0.341 e. The van der Waals surface area contributed by atoms with Crippen LogP contribution in [0.2, 0.25) is 0 Å². The van der Waals surface area contributed by atoms with Crippen LogP contribution >= 0.6 is 0 Å². The lowest BCUT2D eigenvalue weighted by atomic mass is 9.70. The van der Waals surface area contributed by atoms with Gasteiger partial charge in [-0.1, -0.05) is 92.2 Å². The topological polar surface area (TPSA) is 69.7 Å². The number of Topliss-reactive ketones (excluding diaryl/α,β-unsaturated/α-hetero) is 1. The van der Waals surface area contributed by atoms with Crippen LogP contribution in [0.25, 0.3) is 0 Å². The minimum atomic E-state index is -0.669. The Labute approximate surface area is 214 Å². The van der Waals surface area contributed by atoms with Crippen molar-refractivity contribution in [2.24, 2.45) is 35.5 Å². The largest absolute Gasteiger partial charge is 0.469 e. The molecule has 1 aliphatic rings. The lowest BCUT2D eigenvalue weighted by Gasteiger charge is -2.33. The van der Waals surface area contributed by atoms with Crippen molar-refractivity contribution in [1.29, 1.82) is 0 Å². The van der Waals surface area contributed by atoms with E-state index in [4.69, 9.17) is 9.47 Å². The van der Waals surface area contributed by atoms with Gasteiger partial charge < -0.3 is 9.47 Å². The molecule has 1 aliphatic carbocycles. The molecular formula is C30H50O5. The standard InChI is InChI=1S/C30H50O5/c1-20(2)12-9-14-22(5)15-11-17-25-27(29(32)34-7)24(18-23(6)16-10-13-21(3)4)19-26(31)28(25)30(33)35-8/h11,17,20-24,27H,9-10,12-16,18-19H2,1-8H3. The highest BCUT2D eigenvalue weighted by atomic mass is 16.5. The molecular weight excluding hydrogens is 440 g/mol. The van der Waals surface area contributed by atoms with E-state index in [9.17, 15) is 14.4 Å². The van der Waals surface area contributed by atoms with Crippen molar-refractivity contribution >= 4 is 17.7 Å². The summed E-state index contributed by atoms with van der Waals surface area (Å²) in [5.74, 6) is 0.123. The average molecular weight is 491 g/mol. The summed E-state index contributed by atoms with van der Waals surface area (Å²) in [6.07, 6.45) is 12.5. The summed E-state index contributed by atoms with van der Waals surface area (Å²) < 4.78 is 10.1. The predicted octanol–water partition coefficient (Wildman–Crippen LogP) is 7.10. The van der Waals surface area contributed by atoms with Crippen LogP contribution in [0.4, 0.5) is 0 Å². The van der Waals surface area contributed by atoms with Crippen LogP contribution in [0.5, 0.6) is 0 Å². The van der Waals surface area contributed by atoms with Crippen molar-refractivity contribution in [2.75, 3.05) is 14.2 Å². The number of hydrogen-bond acceptors (Lipinski definition) is 5. The number of ketones is 1. The van der Waals surface area contributed by atoms with Crippen LogP contribution in [-0.2, 0) is 23.9 Å². The third-order valence-electron chi connectivity index (χ3n) is 7.16. The van der Waals surface area contributed by atoms with E-state index in [-0.39, 0.29) is 29.7 Å². The van der Waals surface area contributed by atoms with Gasteiger partial charge in [-0.3, -0.25) is 9.59 Å². The zero-order valence-corrected chi connectivity index (χ0v) is 23.5. The SMILES string of the molecule is COC(=O)C1=C(C=CCC(C)CCCC(C)C)C(C(=O)OC)C(CC(C)CCCC(C)C)CC1=O. The Morgan fingerprint density at radius 2 is 1.46 bits per heavy atom. The molecule has 0 saturated heterocycles. The number of rotatable bonds is 15. The van der Waals surface area contributed by atoms with Crippen molar-refractivity contribution in [2.45, 2.75) is 99.3 Å². The second-order valence-corrected chi connectivity index (χ2v) is 11.4. The zero-order valence-electron chi connectivity index (χ0n) is 23.5. The molecule has 0 bridgehead atoms. The lowest BCUT2D eigenvalue weighted by molar-refractivity contribution is -0.146. The van der Waals surface area contributed by atoms with Crippen LogP contribution in [0.1, 0.15) is 99.3 Å². The van der Waals surface area contributed by atoms with Crippen LogP contribution < -0.4 is 0 Å². The van der Waals surface area contributed by atoms with Gasteiger partial charge in [0.2, 0.25) is 0 Å². The maximum atomic E-state index is 13.1. The Kier molecular flexibility index (Phi) is 14.2. The summed E-state index contributed by atoms with van der Waals surface area (Å²) >= 11 is 0. The minimum Gasteiger partial charge on any atom is -0.469 e. The van der Waals surface area contributed by atoms with E-state index in [1.807, 2.05) is 12.2 Å². The fourth-order valence-corrected chi connectivity index (χ4v) is 5.14. The van der Waals surface area contributed by atoms with Crippen molar-refractivity contribution in [3.05, 3.63) is 23.3 Å². The van der Waals surface area contributed by atoms with Crippen molar-refractivity contribution in [3.8, 4) is 0 Å². The number of esters is 2. The van der Waals surface area contributed by atoms with Gasteiger partial charge in [0.05, 0.1) is 20.1 Å². The summed E-state index contributed by atoms with van der Waals surface area (Å²) in [5, 5.41) is 0. The van der Waals surface area contributed by atoms with Gasteiger partial charge in [-0.05, 0) is 48.0 Å². The summed E-state index contributed by atoms with van der Waals surface area (Å²) in [7, 11) is 2.65. The van der Waals surface area contributed by atoms with E-state index < -0.39 is 11.9 Å². The first-order chi connectivity index (χ1) is 16.5. The monoisotopic (exact) mass is 490 g/mol. The summed E-state index contributed by atoms with van der Waals surface area (Å²) in [4.78, 5) is 38.7. The van der Waals surface area contributed by atoms with Crippen LogP contribution in [0.15, 0.2) is 23.3 Å². The molecule has 0 N–H and O–H groups in total. The van der Waals surface area contributed by atoms with Crippen LogP contribution in [0.3, 0.4) is 0 Å². The number of carbonyl (C=O) groups excluding carboxylic acids is 3. The van der Waals surface area contributed by atoms with Crippen LogP contribution in [0, 0.1) is 35.5 Å². The molecule has 0 saturated carbocycles. The fourth-order valence-electron chi connectivity index (χ4n) is 5.14. The third-order valence-corrected chi connectivity index (χ3v) is 7.16. The highest BCUT2D eigenvalue weighted by molar-refractivity contribution is 6.19. The Balaban J connectivity index is 3.15. The van der Waals surface area contributed by atoms with Gasteiger partial charge in [-0.2, -0.15) is 0 Å². The van der Waals surface area contributed by atoms with Crippen molar-refractivity contribution < 1.29 is 23.9 Å². The molecule has 0 aliphatic heterocycles. The second kappa shape index (κ2) is 16.0. The molecule has 5 heteroatoms. The number of ether oxygens (including phenoxy) is 2. The van der Waals surface area contributed by atoms with Gasteiger partial charge in [0.1, 0.15) is 5.57 Å². The minimum absolute atomic E-state index is 0.00956. The molecule has 0 aromatic carbocycles. The molecule has 0 spiro atoms. The summed E-state index contributed by atoms with van der Waals surface area (Å²) in [6, 6.07) is 0. The molecule has 0 radical (unpaired) electrons. The highest BCUT2D eigenvalue weighted by Crippen LogP contribution is 2.39. The van der Waals surface area contributed by atoms with E-state index in [0.29, 0.717) is 29.2 Å². The quantitative estimate of drug-likeness (QED) is 0.181. The van der Waals surface area contributed by atoms with Gasteiger partial charge in [0.15, 0.2) is 5.78 Å². The van der Waals surface area contributed by atoms with E-state index in [0.717, 1.165) is 32.1 Å².